The van der Waals surface area contributed by atoms with Crippen LogP contribution in [0.4, 0.5) is 0 Å². The van der Waals surface area contributed by atoms with Crippen LogP contribution in [0.25, 0.3) is 67.9 Å². The zero-order valence-corrected chi connectivity index (χ0v) is 23.2. The normalized spacial score (nSPS) is 12.7. The minimum atomic E-state index is 0.868. The van der Waals surface area contributed by atoms with Crippen LogP contribution in [-0.2, 0) is 6.42 Å². The number of aromatic nitrogens is 3. The zero-order valence-electron chi connectivity index (χ0n) is 23.2. The molecule has 0 bridgehead atoms. The molecule has 0 spiro atoms. The standard InChI is InChI=1S/C37H31N3/c1-5-33-30(20-23(2)3)31-21-24(4)18-19-35(31)40(33)34-17-11-10-16-29(34)32-22-38-36-27-14-8-6-12-25(27)26-13-7-9-15-28(26)37(36)39-32/h5-6,8-12,14-22H,1,7,13H2,2-4H3. The summed E-state index contributed by atoms with van der Waals surface area (Å²) in [5, 5.41) is 3.68. The first kappa shape index (κ1) is 24.3. The largest absolute Gasteiger partial charge is 0.309 e. The van der Waals surface area contributed by atoms with Gasteiger partial charge in [-0.25, -0.2) is 4.98 Å². The van der Waals surface area contributed by atoms with Gasteiger partial charge in [0.1, 0.15) is 0 Å². The Kier molecular flexibility index (Phi) is 5.74. The first-order valence-corrected chi connectivity index (χ1v) is 13.9. The van der Waals surface area contributed by atoms with Crippen LogP contribution in [0, 0.1) is 6.92 Å². The minimum Gasteiger partial charge on any atom is -0.309 e. The molecule has 2 heterocycles. The second kappa shape index (κ2) is 9.46. The molecule has 0 amide bonds. The lowest BCUT2D eigenvalue weighted by atomic mass is 9.90. The lowest BCUT2D eigenvalue weighted by Gasteiger charge is -2.18. The monoisotopic (exact) mass is 517 g/mol. The Morgan fingerprint density at radius 3 is 2.55 bits per heavy atom. The van der Waals surface area contributed by atoms with E-state index in [0.717, 1.165) is 52.0 Å². The molecule has 0 radical (unpaired) electrons. The van der Waals surface area contributed by atoms with E-state index in [9.17, 15) is 0 Å². The van der Waals surface area contributed by atoms with Crippen LogP contribution in [0.15, 0.2) is 91.2 Å². The summed E-state index contributed by atoms with van der Waals surface area (Å²) in [6, 6.07) is 23.8. The van der Waals surface area contributed by atoms with Gasteiger partial charge in [0.05, 0.1) is 39.8 Å². The van der Waals surface area contributed by atoms with Crippen LogP contribution in [0.5, 0.6) is 0 Å². The third-order valence-corrected chi connectivity index (χ3v) is 7.95. The van der Waals surface area contributed by atoms with Gasteiger partial charge in [0.25, 0.3) is 0 Å². The van der Waals surface area contributed by atoms with Crippen LogP contribution in [0.2, 0.25) is 0 Å². The van der Waals surface area contributed by atoms with Crippen molar-refractivity contribution in [1.82, 2.24) is 14.5 Å². The maximum Gasteiger partial charge on any atom is 0.0975 e. The summed E-state index contributed by atoms with van der Waals surface area (Å²) >= 11 is 0. The molecule has 1 aliphatic rings. The Balaban J connectivity index is 1.53. The van der Waals surface area contributed by atoms with Crippen LogP contribution >= 0.6 is 0 Å². The van der Waals surface area contributed by atoms with Gasteiger partial charge in [-0.1, -0.05) is 84.5 Å². The maximum atomic E-state index is 5.34. The number of fused-ring (bicyclic) bond motifs is 7. The highest BCUT2D eigenvalue weighted by Crippen LogP contribution is 2.39. The Morgan fingerprint density at radius 2 is 1.73 bits per heavy atom. The van der Waals surface area contributed by atoms with E-state index in [-0.39, 0.29) is 0 Å². The number of aryl methyl sites for hydroxylation is 2. The van der Waals surface area contributed by atoms with Crippen LogP contribution < -0.4 is 0 Å². The molecule has 2 aromatic heterocycles. The van der Waals surface area contributed by atoms with Crippen molar-refractivity contribution in [2.75, 3.05) is 0 Å². The van der Waals surface area contributed by atoms with Crippen LogP contribution in [0.1, 0.15) is 48.2 Å². The Bertz CT molecular complexity index is 2050. The molecule has 3 nitrogen and oxygen atoms in total. The predicted octanol–water partition coefficient (Wildman–Crippen LogP) is 9.73. The lowest BCUT2D eigenvalue weighted by Crippen LogP contribution is -2.03. The van der Waals surface area contributed by atoms with Gasteiger partial charge in [0.15, 0.2) is 0 Å². The molecule has 7 rings (SSSR count). The van der Waals surface area contributed by atoms with E-state index < -0.39 is 0 Å². The fraction of sp³-hybridized carbons (Fsp3) is 0.135. The van der Waals surface area contributed by atoms with E-state index in [1.54, 1.807) is 0 Å². The average molecular weight is 518 g/mol. The molecule has 1 aliphatic carbocycles. The first-order chi connectivity index (χ1) is 19.5. The Hall–Kier alpha value is -4.76. The van der Waals surface area contributed by atoms with Gasteiger partial charge in [-0.3, -0.25) is 4.98 Å². The molecule has 40 heavy (non-hydrogen) atoms. The Morgan fingerprint density at radius 1 is 0.925 bits per heavy atom. The molecule has 0 saturated carbocycles. The second-order valence-corrected chi connectivity index (χ2v) is 10.9. The summed E-state index contributed by atoms with van der Waals surface area (Å²) in [4.78, 5) is 10.4. The summed E-state index contributed by atoms with van der Waals surface area (Å²) < 4.78 is 2.33. The molecule has 0 atom stereocenters. The molecule has 4 aromatic carbocycles. The van der Waals surface area contributed by atoms with Crippen molar-refractivity contribution in [3.05, 3.63) is 119 Å². The van der Waals surface area contributed by atoms with Crippen LogP contribution in [-0.4, -0.2) is 14.5 Å². The third-order valence-electron chi connectivity index (χ3n) is 7.95. The fourth-order valence-corrected chi connectivity index (χ4v) is 6.26. The Labute approximate surface area is 234 Å². The second-order valence-electron chi connectivity index (χ2n) is 10.9. The highest BCUT2D eigenvalue weighted by molar-refractivity contribution is 6.10. The fourth-order valence-electron chi connectivity index (χ4n) is 6.26. The maximum absolute atomic E-state index is 5.34. The highest BCUT2D eigenvalue weighted by atomic mass is 15.0. The van der Waals surface area contributed by atoms with Crippen molar-refractivity contribution < 1.29 is 0 Å². The van der Waals surface area contributed by atoms with Crippen molar-refractivity contribution in [2.24, 2.45) is 0 Å². The minimum absolute atomic E-state index is 0.868. The van der Waals surface area contributed by atoms with E-state index in [1.165, 1.54) is 44.0 Å². The summed E-state index contributed by atoms with van der Waals surface area (Å²) in [7, 11) is 0. The summed E-state index contributed by atoms with van der Waals surface area (Å²) in [5.41, 5.74) is 13.4. The first-order valence-electron chi connectivity index (χ1n) is 13.9. The van der Waals surface area contributed by atoms with Gasteiger partial charge in [0.2, 0.25) is 0 Å². The van der Waals surface area contributed by atoms with Crippen LogP contribution in [0.3, 0.4) is 0 Å². The van der Waals surface area contributed by atoms with E-state index in [2.05, 4.69) is 117 Å². The number of hydrogen-bond acceptors (Lipinski definition) is 2. The molecule has 0 unspecified atom stereocenters. The average Bonchev–Trinajstić information content (AvgIpc) is 3.28. The van der Waals surface area contributed by atoms with Gasteiger partial charge in [-0.2, -0.15) is 0 Å². The van der Waals surface area contributed by atoms with Crippen molar-refractivity contribution in [1.29, 1.82) is 0 Å². The molecule has 3 heteroatoms. The smallest absolute Gasteiger partial charge is 0.0975 e. The van der Waals surface area contributed by atoms with Gasteiger partial charge < -0.3 is 4.57 Å². The summed E-state index contributed by atoms with van der Waals surface area (Å²) in [6.45, 7) is 10.7. The molecule has 0 fully saturated rings. The van der Waals surface area contributed by atoms with Crippen molar-refractivity contribution in [2.45, 2.75) is 33.6 Å². The number of benzene rings is 4. The topological polar surface area (TPSA) is 30.7 Å². The summed E-state index contributed by atoms with van der Waals surface area (Å²) in [5.74, 6) is 0. The molecular weight excluding hydrogens is 486 g/mol. The van der Waals surface area contributed by atoms with Crippen molar-refractivity contribution in [3.63, 3.8) is 0 Å². The SMILES string of the molecule is C=Cc1c(C=C(C)C)c2cc(C)ccc2n1-c1ccccc1-c1cnc2c(n1)c1c(c3ccccc32)CCC=C1. The number of rotatable bonds is 4. The van der Waals surface area contributed by atoms with E-state index >= 15 is 0 Å². The van der Waals surface area contributed by atoms with Gasteiger partial charge in [-0.05, 0) is 68.8 Å². The zero-order chi connectivity index (χ0) is 27.4. The number of para-hydroxylation sites is 1. The molecule has 0 N–H and O–H groups in total. The van der Waals surface area contributed by atoms with Gasteiger partial charge in [-0.15, -0.1) is 0 Å². The van der Waals surface area contributed by atoms with E-state index in [4.69, 9.17) is 9.97 Å². The van der Waals surface area contributed by atoms with E-state index in [1.807, 2.05) is 12.3 Å². The van der Waals surface area contributed by atoms with Gasteiger partial charge in [0, 0.05) is 27.5 Å². The molecule has 0 aliphatic heterocycles. The summed E-state index contributed by atoms with van der Waals surface area (Å²) in [6.07, 6.45) is 12.7. The molecule has 0 saturated heterocycles. The predicted molar refractivity (Wildman–Crippen MR) is 171 cm³/mol. The number of hydrogen-bond donors (Lipinski definition) is 0. The number of allylic oxidation sites excluding steroid dienone is 2. The molecular formula is C37H31N3. The number of nitrogens with zero attached hydrogens (tertiary/aromatic N) is 3. The van der Waals surface area contributed by atoms with Gasteiger partial charge >= 0.3 is 0 Å². The lowest BCUT2D eigenvalue weighted by molar-refractivity contribution is 0.998. The molecule has 194 valence electrons. The van der Waals surface area contributed by atoms with Crippen molar-refractivity contribution in [3.8, 4) is 16.9 Å². The third kappa shape index (κ3) is 3.73. The highest BCUT2D eigenvalue weighted by Gasteiger charge is 2.21. The van der Waals surface area contributed by atoms with Crippen molar-refractivity contribution >= 4 is 50.9 Å². The van der Waals surface area contributed by atoms with E-state index in [0.29, 0.717) is 0 Å². The quantitative estimate of drug-likeness (QED) is 0.218. The molecule has 6 aromatic rings.